The second-order valence-corrected chi connectivity index (χ2v) is 7.17. The molecule has 2 aromatic carbocycles. The average molecular weight is 408 g/mol. The molecule has 2 aromatic rings. The van der Waals surface area contributed by atoms with E-state index in [0.717, 1.165) is 5.56 Å². The summed E-state index contributed by atoms with van der Waals surface area (Å²) in [6, 6.07) is 14.1. The van der Waals surface area contributed by atoms with Gasteiger partial charge in [0.25, 0.3) is 0 Å². The minimum absolute atomic E-state index is 0.170. The van der Waals surface area contributed by atoms with Crippen molar-refractivity contribution >= 4 is 17.7 Å². The number of nitrogens with one attached hydrogen (secondary N) is 1. The zero-order valence-electron chi connectivity index (χ0n) is 17.9. The van der Waals surface area contributed by atoms with Crippen molar-refractivity contribution in [1.29, 1.82) is 0 Å². The maximum Gasteiger partial charge on any atom is 0.337 e. The van der Waals surface area contributed by atoms with Gasteiger partial charge >= 0.3 is 12.0 Å². The minimum atomic E-state index is -0.400. The molecule has 30 heavy (non-hydrogen) atoms. The molecule has 0 unspecified atom stereocenters. The number of anilines is 1. The molecule has 0 atom stereocenters. The van der Waals surface area contributed by atoms with Gasteiger partial charge in [0.05, 0.1) is 19.3 Å². The van der Waals surface area contributed by atoms with Crippen molar-refractivity contribution in [3.05, 3.63) is 65.2 Å². The van der Waals surface area contributed by atoms with Crippen molar-refractivity contribution < 1.29 is 19.1 Å². The smallest absolute Gasteiger partial charge is 0.337 e. The van der Waals surface area contributed by atoms with E-state index in [4.69, 9.17) is 9.47 Å². The highest BCUT2D eigenvalue weighted by molar-refractivity contribution is 5.90. The quantitative estimate of drug-likeness (QED) is 0.555. The van der Waals surface area contributed by atoms with Crippen LogP contribution in [0.25, 0.3) is 0 Å². The molecule has 0 fully saturated rings. The molecule has 2 rings (SSSR count). The van der Waals surface area contributed by atoms with Gasteiger partial charge in [0.15, 0.2) is 0 Å². The van der Waals surface area contributed by atoms with Gasteiger partial charge in [-0.2, -0.15) is 0 Å². The molecule has 0 aliphatic heterocycles. The Kier molecular flexibility index (Phi) is 8.92. The lowest BCUT2D eigenvalue weighted by Crippen LogP contribution is -2.39. The highest BCUT2D eigenvalue weighted by Crippen LogP contribution is 2.12. The number of amides is 2. The number of esters is 1. The van der Waals surface area contributed by atoms with Gasteiger partial charge in [-0.05, 0) is 42.3 Å². The van der Waals surface area contributed by atoms with Crippen LogP contribution in [0.15, 0.2) is 48.5 Å². The molecule has 0 spiro atoms. The first kappa shape index (κ1) is 23.0. The molecular weight excluding hydrogens is 380 g/mol. The maximum absolute atomic E-state index is 12.7. The van der Waals surface area contributed by atoms with Gasteiger partial charge in [-0.25, -0.2) is 9.59 Å². The Morgan fingerprint density at radius 2 is 1.70 bits per heavy atom. The lowest BCUT2D eigenvalue weighted by molar-refractivity contribution is 0.0600. The van der Waals surface area contributed by atoms with Crippen LogP contribution in [0.5, 0.6) is 0 Å². The van der Waals surface area contributed by atoms with E-state index in [1.807, 2.05) is 30.3 Å². The number of ether oxygens (including phenoxy) is 2. The summed E-state index contributed by atoms with van der Waals surface area (Å²) < 4.78 is 9.84. The predicted molar refractivity (Wildman–Crippen MR) is 118 cm³/mol. The van der Waals surface area contributed by atoms with Gasteiger partial charge in [-0.1, -0.05) is 37.8 Å². The Hall–Kier alpha value is -3.30. The fourth-order valence-electron chi connectivity index (χ4n) is 2.78. The first-order valence-corrected chi connectivity index (χ1v) is 9.78. The fourth-order valence-corrected chi connectivity index (χ4v) is 2.78. The topological polar surface area (TPSA) is 67.9 Å². The lowest BCUT2D eigenvalue weighted by Gasteiger charge is -2.24. The number of hydrogen-bond donors (Lipinski definition) is 1. The highest BCUT2D eigenvalue weighted by atomic mass is 16.5. The number of nitrogens with zero attached hydrogens (tertiary/aromatic N) is 1. The average Bonchev–Trinajstić information content (AvgIpc) is 2.74. The fraction of sp³-hybridized carbons (Fsp3) is 0.333. The summed E-state index contributed by atoms with van der Waals surface area (Å²) in [5.41, 5.74) is 2.58. The molecule has 6 heteroatoms. The van der Waals surface area contributed by atoms with Crippen molar-refractivity contribution in [3.8, 4) is 11.8 Å². The van der Waals surface area contributed by atoms with E-state index in [1.54, 1.807) is 30.2 Å². The van der Waals surface area contributed by atoms with Crippen LogP contribution in [0.2, 0.25) is 0 Å². The summed E-state index contributed by atoms with van der Waals surface area (Å²) in [4.78, 5) is 26.0. The SMILES string of the molecule is COCCN(CC(C)C)C(=O)Nc1cccc(C#Cc2cccc(C(=O)OC)c2)c1. The van der Waals surface area contributed by atoms with Gasteiger partial charge in [0.2, 0.25) is 0 Å². The van der Waals surface area contributed by atoms with Crippen molar-refractivity contribution in [3.63, 3.8) is 0 Å². The van der Waals surface area contributed by atoms with Crippen LogP contribution in [-0.4, -0.2) is 50.8 Å². The normalized spacial score (nSPS) is 10.2. The number of carbonyl (C=O) groups is 2. The molecule has 0 heterocycles. The van der Waals surface area contributed by atoms with E-state index in [1.165, 1.54) is 7.11 Å². The Morgan fingerprint density at radius 1 is 1.03 bits per heavy atom. The third-order valence-electron chi connectivity index (χ3n) is 4.19. The molecule has 158 valence electrons. The summed E-state index contributed by atoms with van der Waals surface area (Å²) in [6.45, 7) is 5.79. The zero-order valence-corrected chi connectivity index (χ0v) is 17.9. The molecule has 0 aliphatic carbocycles. The van der Waals surface area contributed by atoms with E-state index >= 15 is 0 Å². The third kappa shape index (κ3) is 7.26. The van der Waals surface area contributed by atoms with Crippen LogP contribution in [0.3, 0.4) is 0 Å². The predicted octanol–water partition coefficient (Wildman–Crippen LogP) is 4.01. The van der Waals surface area contributed by atoms with Gasteiger partial charge < -0.3 is 19.7 Å². The zero-order chi connectivity index (χ0) is 21.9. The molecule has 0 saturated carbocycles. The molecule has 0 aliphatic rings. The lowest BCUT2D eigenvalue weighted by atomic mass is 10.1. The number of methoxy groups -OCH3 is 2. The summed E-state index contributed by atoms with van der Waals surface area (Å²) in [7, 11) is 2.96. The van der Waals surface area contributed by atoms with Crippen LogP contribution in [0.1, 0.15) is 35.3 Å². The van der Waals surface area contributed by atoms with Crippen molar-refractivity contribution in [2.75, 3.05) is 39.2 Å². The number of rotatable bonds is 7. The van der Waals surface area contributed by atoms with E-state index in [0.29, 0.717) is 42.4 Å². The molecule has 2 amide bonds. The molecule has 0 bridgehead atoms. The molecule has 0 radical (unpaired) electrons. The molecular formula is C24H28N2O4. The third-order valence-corrected chi connectivity index (χ3v) is 4.19. The van der Waals surface area contributed by atoms with Crippen LogP contribution in [0, 0.1) is 17.8 Å². The Morgan fingerprint density at radius 3 is 2.33 bits per heavy atom. The standard InChI is InChI=1S/C24H28N2O4/c1-18(2)17-26(13-14-29-3)24(28)25-22-10-6-8-20(16-22)12-11-19-7-5-9-21(15-19)23(27)30-4/h5-10,15-16,18H,13-14,17H2,1-4H3,(H,25,28). The monoisotopic (exact) mass is 408 g/mol. The van der Waals surface area contributed by atoms with Crippen LogP contribution in [0.4, 0.5) is 10.5 Å². The summed E-state index contributed by atoms with van der Waals surface area (Å²) >= 11 is 0. The van der Waals surface area contributed by atoms with E-state index in [9.17, 15) is 9.59 Å². The highest BCUT2D eigenvalue weighted by Gasteiger charge is 2.14. The molecule has 0 saturated heterocycles. The van der Waals surface area contributed by atoms with Crippen LogP contribution in [-0.2, 0) is 9.47 Å². The molecule has 1 N–H and O–H groups in total. The molecule has 6 nitrogen and oxygen atoms in total. The minimum Gasteiger partial charge on any atom is -0.465 e. The first-order chi connectivity index (χ1) is 14.4. The summed E-state index contributed by atoms with van der Waals surface area (Å²) in [5, 5.41) is 2.93. The summed E-state index contributed by atoms with van der Waals surface area (Å²) in [6.07, 6.45) is 0. The van der Waals surface area contributed by atoms with Crippen LogP contribution < -0.4 is 5.32 Å². The van der Waals surface area contributed by atoms with Gasteiger partial charge in [-0.3, -0.25) is 0 Å². The Balaban J connectivity index is 2.12. The van der Waals surface area contributed by atoms with Crippen molar-refractivity contribution in [2.24, 2.45) is 5.92 Å². The van der Waals surface area contributed by atoms with E-state index in [-0.39, 0.29) is 6.03 Å². The first-order valence-electron chi connectivity index (χ1n) is 9.78. The Bertz CT molecular complexity index is 928. The van der Waals surface area contributed by atoms with E-state index < -0.39 is 5.97 Å². The molecule has 0 aromatic heterocycles. The number of benzene rings is 2. The van der Waals surface area contributed by atoms with Gasteiger partial charge in [-0.15, -0.1) is 0 Å². The largest absolute Gasteiger partial charge is 0.465 e. The van der Waals surface area contributed by atoms with E-state index in [2.05, 4.69) is 31.0 Å². The Labute approximate surface area is 178 Å². The number of carbonyl (C=O) groups excluding carboxylic acids is 2. The maximum atomic E-state index is 12.7. The second-order valence-electron chi connectivity index (χ2n) is 7.17. The van der Waals surface area contributed by atoms with Crippen molar-refractivity contribution in [1.82, 2.24) is 4.90 Å². The van der Waals surface area contributed by atoms with Crippen molar-refractivity contribution in [2.45, 2.75) is 13.8 Å². The van der Waals surface area contributed by atoms with Gasteiger partial charge in [0, 0.05) is 37.0 Å². The summed E-state index contributed by atoms with van der Waals surface area (Å²) in [5.74, 6) is 6.06. The second kappa shape index (κ2) is 11.6. The number of hydrogen-bond acceptors (Lipinski definition) is 4. The van der Waals surface area contributed by atoms with Gasteiger partial charge in [0.1, 0.15) is 0 Å². The number of urea groups is 1. The van der Waals surface area contributed by atoms with Crippen LogP contribution >= 0.6 is 0 Å².